The first kappa shape index (κ1) is 21.3. The zero-order valence-corrected chi connectivity index (χ0v) is 18.2. The molecule has 6 nitrogen and oxygen atoms in total. The van der Waals surface area contributed by atoms with Gasteiger partial charge in [0, 0.05) is 19.0 Å². The molecule has 1 aliphatic rings. The summed E-state index contributed by atoms with van der Waals surface area (Å²) in [5.41, 5.74) is 2.15. The number of benzene rings is 2. The van der Waals surface area contributed by atoms with Crippen molar-refractivity contribution in [3.8, 4) is 5.75 Å². The van der Waals surface area contributed by atoms with Gasteiger partial charge in [-0.1, -0.05) is 24.3 Å². The van der Waals surface area contributed by atoms with Crippen LogP contribution in [-0.2, 0) is 22.4 Å². The summed E-state index contributed by atoms with van der Waals surface area (Å²) < 4.78 is 6.70. The number of amides is 2. The average molecular weight is 438 g/mol. The van der Waals surface area contributed by atoms with Gasteiger partial charge in [-0.3, -0.25) is 9.59 Å². The number of rotatable bonds is 11. The summed E-state index contributed by atoms with van der Waals surface area (Å²) in [5.74, 6) is 0.675. The van der Waals surface area contributed by atoms with Gasteiger partial charge >= 0.3 is 0 Å². The lowest BCUT2D eigenvalue weighted by molar-refractivity contribution is -0.123. The fraction of sp³-hybridized carbons (Fsp3) is 0.375. The van der Waals surface area contributed by atoms with Crippen LogP contribution in [0.1, 0.15) is 36.3 Å². The molecule has 0 bridgehead atoms. The number of nitrogens with one attached hydrogen (secondary N) is 2. The third-order valence-corrected chi connectivity index (χ3v) is 6.20. The van der Waals surface area contributed by atoms with Gasteiger partial charge in [0.1, 0.15) is 5.75 Å². The number of thiazole rings is 1. The Morgan fingerprint density at radius 1 is 1.03 bits per heavy atom. The van der Waals surface area contributed by atoms with Crippen molar-refractivity contribution in [3.05, 3.63) is 59.1 Å². The van der Waals surface area contributed by atoms with Gasteiger partial charge in [-0.2, -0.15) is 0 Å². The van der Waals surface area contributed by atoms with Crippen molar-refractivity contribution >= 4 is 33.4 Å². The lowest BCUT2D eigenvalue weighted by Crippen LogP contribution is -2.30. The fourth-order valence-electron chi connectivity index (χ4n) is 3.26. The van der Waals surface area contributed by atoms with Crippen LogP contribution in [-0.4, -0.2) is 36.0 Å². The van der Waals surface area contributed by atoms with Crippen LogP contribution in [0.25, 0.3) is 10.2 Å². The molecule has 0 spiro atoms. The van der Waals surface area contributed by atoms with E-state index in [9.17, 15) is 9.59 Å². The topological polar surface area (TPSA) is 80.3 Å². The van der Waals surface area contributed by atoms with E-state index in [-0.39, 0.29) is 18.4 Å². The molecule has 2 amide bonds. The molecule has 7 heteroatoms. The van der Waals surface area contributed by atoms with Crippen molar-refractivity contribution in [2.75, 3.05) is 13.2 Å². The minimum atomic E-state index is -0.0718. The van der Waals surface area contributed by atoms with Crippen LogP contribution in [0.4, 0.5) is 0 Å². The highest BCUT2D eigenvalue weighted by Gasteiger charge is 2.23. The SMILES string of the molecule is O=C(CCCc1nc2ccccc2s1)NCCc1ccc(OCC(=O)NC2CC2)cc1. The molecule has 2 N–H and O–H groups in total. The normalized spacial score (nSPS) is 13.2. The van der Waals surface area contributed by atoms with Gasteiger partial charge in [-0.15, -0.1) is 11.3 Å². The molecule has 1 aromatic heterocycles. The molecular weight excluding hydrogens is 410 g/mol. The number of para-hydroxylation sites is 1. The molecule has 1 heterocycles. The van der Waals surface area contributed by atoms with Crippen molar-refractivity contribution in [2.24, 2.45) is 0 Å². The molecule has 1 fully saturated rings. The van der Waals surface area contributed by atoms with Crippen molar-refractivity contribution in [2.45, 2.75) is 44.6 Å². The molecule has 4 rings (SSSR count). The zero-order chi connectivity index (χ0) is 21.5. The Labute approximate surface area is 186 Å². The molecule has 1 saturated carbocycles. The molecule has 0 unspecified atom stereocenters. The Hall–Kier alpha value is -2.93. The quantitative estimate of drug-likeness (QED) is 0.480. The second-order valence-electron chi connectivity index (χ2n) is 7.80. The van der Waals surface area contributed by atoms with Gasteiger partial charge in [0.2, 0.25) is 5.91 Å². The average Bonchev–Trinajstić information content (AvgIpc) is 3.48. The zero-order valence-electron chi connectivity index (χ0n) is 17.4. The van der Waals surface area contributed by atoms with E-state index in [0.29, 0.717) is 24.8 Å². The molecule has 1 aliphatic carbocycles. The summed E-state index contributed by atoms with van der Waals surface area (Å²) in [4.78, 5) is 28.4. The number of fused-ring (bicyclic) bond motifs is 1. The van der Waals surface area contributed by atoms with Gasteiger partial charge in [0.25, 0.3) is 5.91 Å². The van der Waals surface area contributed by atoms with E-state index in [0.717, 1.165) is 48.2 Å². The smallest absolute Gasteiger partial charge is 0.258 e. The first-order valence-electron chi connectivity index (χ1n) is 10.8. The van der Waals surface area contributed by atoms with E-state index in [1.165, 1.54) is 4.70 Å². The van der Waals surface area contributed by atoms with Gasteiger partial charge in [-0.25, -0.2) is 4.98 Å². The van der Waals surface area contributed by atoms with E-state index < -0.39 is 0 Å². The molecule has 0 aliphatic heterocycles. The molecule has 0 atom stereocenters. The van der Waals surface area contributed by atoms with E-state index >= 15 is 0 Å². The van der Waals surface area contributed by atoms with E-state index in [1.54, 1.807) is 11.3 Å². The van der Waals surface area contributed by atoms with Crippen molar-refractivity contribution < 1.29 is 14.3 Å². The second-order valence-corrected chi connectivity index (χ2v) is 8.92. The number of carbonyl (C=O) groups excluding carboxylic acids is 2. The Balaban J connectivity index is 1.10. The Morgan fingerprint density at radius 2 is 1.84 bits per heavy atom. The molecule has 31 heavy (non-hydrogen) atoms. The van der Waals surface area contributed by atoms with E-state index in [4.69, 9.17) is 4.74 Å². The standard InChI is InChI=1S/C24H27N3O3S/c28-22(6-3-7-24-27-20-4-1-2-5-21(20)31-24)25-15-14-17-8-12-19(13-9-17)30-16-23(29)26-18-10-11-18/h1-2,4-5,8-9,12-13,18H,3,6-7,10-11,14-16H2,(H,25,28)(H,26,29). The van der Waals surface area contributed by atoms with Crippen LogP contribution in [0.2, 0.25) is 0 Å². The van der Waals surface area contributed by atoms with Crippen LogP contribution in [0.5, 0.6) is 5.75 Å². The number of hydrogen-bond donors (Lipinski definition) is 2. The summed E-state index contributed by atoms with van der Waals surface area (Å²) in [5, 5.41) is 6.96. The van der Waals surface area contributed by atoms with Gasteiger partial charge in [-0.05, 0) is 61.9 Å². The Bertz CT molecular complexity index is 995. The third-order valence-electron chi connectivity index (χ3n) is 5.10. The monoisotopic (exact) mass is 437 g/mol. The van der Waals surface area contributed by atoms with Crippen LogP contribution in [0.15, 0.2) is 48.5 Å². The maximum atomic E-state index is 12.1. The molecule has 0 saturated heterocycles. The summed E-state index contributed by atoms with van der Waals surface area (Å²) in [6, 6.07) is 16.1. The Kier molecular flexibility index (Phi) is 7.14. The predicted molar refractivity (Wildman–Crippen MR) is 122 cm³/mol. The summed E-state index contributed by atoms with van der Waals surface area (Å²) in [6.07, 6.45) is 5.02. The van der Waals surface area contributed by atoms with Crippen molar-refractivity contribution in [3.63, 3.8) is 0 Å². The van der Waals surface area contributed by atoms with Crippen molar-refractivity contribution in [1.82, 2.24) is 15.6 Å². The predicted octanol–water partition coefficient (Wildman–Crippen LogP) is 3.64. The van der Waals surface area contributed by atoms with Crippen LogP contribution >= 0.6 is 11.3 Å². The Morgan fingerprint density at radius 3 is 2.61 bits per heavy atom. The largest absolute Gasteiger partial charge is 0.484 e. The van der Waals surface area contributed by atoms with Gasteiger partial charge < -0.3 is 15.4 Å². The maximum Gasteiger partial charge on any atom is 0.258 e. The summed E-state index contributed by atoms with van der Waals surface area (Å²) in [7, 11) is 0. The summed E-state index contributed by atoms with van der Waals surface area (Å²) in [6.45, 7) is 0.646. The number of nitrogens with zero attached hydrogens (tertiary/aromatic N) is 1. The van der Waals surface area contributed by atoms with Crippen molar-refractivity contribution in [1.29, 1.82) is 0 Å². The highest BCUT2D eigenvalue weighted by atomic mass is 32.1. The van der Waals surface area contributed by atoms with Gasteiger partial charge in [0.05, 0.1) is 15.2 Å². The molecule has 162 valence electrons. The van der Waals surface area contributed by atoms with E-state index in [1.807, 2.05) is 42.5 Å². The first-order valence-corrected chi connectivity index (χ1v) is 11.6. The number of aryl methyl sites for hydroxylation is 1. The third kappa shape index (κ3) is 6.79. The van der Waals surface area contributed by atoms with Crippen LogP contribution in [0, 0.1) is 0 Å². The first-order chi connectivity index (χ1) is 15.2. The maximum absolute atomic E-state index is 12.1. The van der Waals surface area contributed by atoms with Crippen LogP contribution in [0.3, 0.4) is 0 Å². The van der Waals surface area contributed by atoms with Crippen LogP contribution < -0.4 is 15.4 Å². The fourth-order valence-corrected chi connectivity index (χ4v) is 4.27. The number of hydrogen-bond acceptors (Lipinski definition) is 5. The second kappa shape index (κ2) is 10.4. The lowest BCUT2D eigenvalue weighted by Gasteiger charge is -2.08. The molecule has 0 radical (unpaired) electrons. The molecular formula is C24H27N3O3S. The number of carbonyl (C=O) groups is 2. The van der Waals surface area contributed by atoms with Gasteiger partial charge in [0.15, 0.2) is 6.61 Å². The highest BCUT2D eigenvalue weighted by Crippen LogP contribution is 2.22. The minimum absolute atomic E-state index is 0.0446. The number of ether oxygens (including phenoxy) is 1. The molecule has 2 aromatic carbocycles. The number of aromatic nitrogens is 1. The molecule has 3 aromatic rings. The highest BCUT2D eigenvalue weighted by molar-refractivity contribution is 7.18. The minimum Gasteiger partial charge on any atom is -0.484 e. The summed E-state index contributed by atoms with van der Waals surface area (Å²) >= 11 is 1.70. The lowest BCUT2D eigenvalue weighted by atomic mass is 10.1. The van der Waals surface area contributed by atoms with E-state index in [2.05, 4.69) is 21.7 Å².